The van der Waals surface area contributed by atoms with Crippen LogP contribution in [0.4, 0.5) is 5.69 Å². The second kappa shape index (κ2) is 12.0. The minimum Gasteiger partial charge on any atom is -0.287 e. The first-order valence-electron chi connectivity index (χ1n) is 12.9. The van der Waals surface area contributed by atoms with Crippen molar-refractivity contribution >= 4 is 17.8 Å². The largest absolute Gasteiger partial charge is 0.357 e. The molecule has 0 aliphatic rings. The van der Waals surface area contributed by atoms with Gasteiger partial charge < -0.3 is 0 Å². The van der Waals surface area contributed by atoms with E-state index in [-0.39, 0.29) is 18.8 Å². The first kappa shape index (κ1) is 26.3. The van der Waals surface area contributed by atoms with Crippen molar-refractivity contribution < 1.29 is 4.92 Å². The summed E-state index contributed by atoms with van der Waals surface area (Å²) in [6.45, 7) is 0.194. The first-order valence-corrected chi connectivity index (χ1v) is 12.9. The Kier molecular flexibility index (Phi) is 7.92. The number of hydrogen-bond donors (Lipinski definition) is 0. The van der Waals surface area contributed by atoms with Crippen LogP contribution >= 0.6 is 0 Å². The predicted octanol–water partition coefficient (Wildman–Crippen LogP) is 4.76. The van der Waals surface area contributed by atoms with Gasteiger partial charge in [0.25, 0.3) is 0 Å². The summed E-state index contributed by atoms with van der Waals surface area (Å²) < 4.78 is 3.98. The third-order valence-corrected chi connectivity index (χ3v) is 6.62. The summed E-state index contributed by atoms with van der Waals surface area (Å²) in [7, 11) is 0. The number of nitrogens with zero attached hydrogens (tertiary/aromatic N) is 5. The molecule has 2 heterocycles. The van der Waals surface area contributed by atoms with Crippen molar-refractivity contribution in [3.05, 3.63) is 157 Å². The SMILES string of the molecule is O=c1c([N+](=O)[O-])c(C=Cc2cnn(-c3ccccc3)c2)n(CCc2ccccc2)c(=O)n1CCc1ccccc1. The van der Waals surface area contributed by atoms with Gasteiger partial charge in [0.15, 0.2) is 0 Å². The summed E-state index contributed by atoms with van der Waals surface area (Å²) in [6.07, 6.45) is 7.32. The predicted molar refractivity (Wildman–Crippen MR) is 154 cm³/mol. The zero-order chi connectivity index (χ0) is 27.9. The Morgan fingerprint density at radius 1 is 0.750 bits per heavy atom. The average molecular weight is 534 g/mol. The van der Waals surface area contributed by atoms with E-state index < -0.39 is 21.9 Å². The van der Waals surface area contributed by atoms with Gasteiger partial charge in [0.05, 0.1) is 16.8 Å². The summed E-state index contributed by atoms with van der Waals surface area (Å²) in [5, 5.41) is 16.6. The second-order valence-electron chi connectivity index (χ2n) is 9.24. The van der Waals surface area contributed by atoms with Crippen LogP contribution in [0.5, 0.6) is 0 Å². The number of benzene rings is 3. The summed E-state index contributed by atoms with van der Waals surface area (Å²) >= 11 is 0. The molecule has 3 aromatic carbocycles. The van der Waals surface area contributed by atoms with Crippen molar-refractivity contribution in [3.8, 4) is 5.69 Å². The standard InChI is InChI=1S/C31H27N5O4/c37-30-29(36(39)40)28(17-16-26-22-32-35(23-26)27-14-8-3-9-15-27)33(20-18-24-10-4-1-5-11-24)31(38)34(30)21-19-25-12-6-2-7-13-25/h1-17,22-23H,18-21H2. The van der Waals surface area contributed by atoms with E-state index in [2.05, 4.69) is 5.10 Å². The molecule has 0 bridgehead atoms. The molecule has 0 saturated heterocycles. The Morgan fingerprint density at radius 2 is 1.30 bits per heavy atom. The lowest BCUT2D eigenvalue weighted by Gasteiger charge is -2.14. The van der Waals surface area contributed by atoms with Crippen LogP contribution in [-0.4, -0.2) is 23.8 Å². The maximum atomic E-state index is 13.7. The highest BCUT2D eigenvalue weighted by atomic mass is 16.6. The molecule has 0 spiro atoms. The van der Waals surface area contributed by atoms with E-state index in [1.807, 2.05) is 91.0 Å². The van der Waals surface area contributed by atoms with Gasteiger partial charge in [-0.1, -0.05) is 78.9 Å². The molecule has 5 rings (SSSR count). The lowest BCUT2D eigenvalue weighted by molar-refractivity contribution is -0.387. The van der Waals surface area contributed by atoms with Crippen LogP contribution in [0.2, 0.25) is 0 Å². The first-order chi connectivity index (χ1) is 19.5. The summed E-state index contributed by atoms with van der Waals surface area (Å²) in [5.41, 5.74) is 1.24. The molecule has 0 radical (unpaired) electrons. The third kappa shape index (κ3) is 5.88. The molecule has 40 heavy (non-hydrogen) atoms. The molecule has 0 saturated carbocycles. The number of para-hydroxylation sites is 1. The smallest absolute Gasteiger partial charge is 0.287 e. The molecule has 0 unspecified atom stereocenters. The van der Waals surface area contributed by atoms with Crippen LogP contribution in [0.25, 0.3) is 17.8 Å². The van der Waals surface area contributed by atoms with Gasteiger partial charge >= 0.3 is 16.9 Å². The molecule has 0 atom stereocenters. The van der Waals surface area contributed by atoms with Crippen LogP contribution in [-0.2, 0) is 25.9 Å². The quantitative estimate of drug-likeness (QED) is 0.190. The van der Waals surface area contributed by atoms with Crippen molar-refractivity contribution in [1.29, 1.82) is 0 Å². The average Bonchev–Trinajstić information content (AvgIpc) is 3.46. The van der Waals surface area contributed by atoms with Crippen LogP contribution in [0.15, 0.2) is 113 Å². The molecule has 5 aromatic rings. The normalized spacial score (nSPS) is 11.2. The van der Waals surface area contributed by atoms with E-state index >= 15 is 0 Å². The Morgan fingerprint density at radius 3 is 1.88 bits per heavy atom. The van der Waals surface area contributed by atoms with E-state index in [0.717, 1.165) is 21.4 Å². The summed E-state index contributed by atoms with van der Waals surface area (Å²) in [4.78, 5) is 38.6. The molecule has 0 aliphatic heterocycles. The lowest BCUT2D eigenvalue weighted by atomic mass is 10.1. The fourth-order valence-electron chi connectivity index (χ4n) is 4.55. The Hall–Kier alpha value is -5.31. The number of aryl methyl sites for hydroxylation is 2. The summed E-state index contributed by atoms with van der Waals surface area (Å²) in [5.74, 6) is 0. The highest BCUT2D eigenvalue weighted by Crippen LogP contribution is 2.18. The van der Waals surface area contributed by atoms with Gasteiger partial charge in [0.2, 0.25) is 0 Å². The molecule has 2 aromatic heterocycles. The van der Waals surface area contributed by atoms with E-state index in [1.54, 1.807) is 23.2 Å². The lowest BCUT2D eigenvalue weighted by Crippen LogP contribution is -2.42. The molecule has 0 N–H and O–H groups in total. The fourth-order valence-corrected chi connectivity index (χ4v) is 4.55. The Balaban J connectivity index is 1.56. The van der Waals surface area contributed by atoms with Gasteiger partial charge in [-0.15, -0.1) is 0 Å². The van der Waals surface area contributed by atoms with Crippen molar-refractivity contribution in [2.45, 2.75) is 25.9 Å². The maximum Gasteiger partial charge on any atom is 0.357 e. The molecule has 0 fully saturated rings. The van der Waals surface area contributed by atoms with Crippen LogP contribution in [0.1, 0.15) is 22.4 Å². The van der Waals surface area contributed by atoms with E-state index in [4.69, 9.17) is 0 Å². The third-order valence-electron chi connectivity index (χ3n) is 6.62. The van der Waals surface area contributed by atoms with Gasteiger partial charge in [-0.3, -0.25) is 24.0 Å². The van der Waals surface area contributed by atoms with E-state index in [1.165, 1.54) is 10.6 Å². The molecule has 0 aliphatic carbocycles. The molecule has 200 valence electrons. The van der Waals surface area contributed by atoms with Gasteiger partial charge in [0.1, 0.15) is 5.69 Å². The minimum absolute atomic E-state index is 0.0295. The van der Waals surface area contributed by atoms with Crippen molar-refractivity contribution in [2.24, 2.45) is 0 Å². The van der Waals surface area contributed by atoms with E-state index in [0.29, 0.717) is 18.4 Å². The zero-order valence-electron chi connectivity index (χ0n) is 21.7. The van der Waals surface area contributed by atoms with Crippen molar-refractivity contribution in [3.63, 3.8) is 0 Å². The molecule has 9 nitrogen and oxygen atoms in total. The molecular weight excluding hydrogens is 506 g/mol. The monoisotopic (exact) mass is 533 g/mol. The molecular formula is C31H27N5O4. The number of aromatic nitrogens is 4. The Labute approximate surface area is 230 Å². The van der Waals surface area contributed by atoms with Gasteiger partial charge in [-0.25, -0.2) is 9.48 Å². The fraction of sp³-hybridized carbons (Fsp3) is 0.129. The Bertz CT molecular complexity index is 1760. The van der Waals surface area contributed by atoms with Gasteiger partial charge in [0, 0.05) is 24.8 Å². The highest BCUT2D eigenvalue weighted by molar-refractivity contribution is 5.71. The molecule has 9 heteroatoms. The van der Waals surface area contributed by atoms with Gasteiger partial charge in [-0.2, -0.15) is 5.10 Å². The maximum absolute atomic E-state index is 13.7. The number of rotatable bonds is 10. The number of hydrogen-bond acceptors (Lipinski definition) is 5. The summed E-state index contributed by atoms with van der Waals surface area (Å²) in [6, 6.07) is 28.4. The van der Waals surface area contributed by atoms with Crippen molar-refractivity contribution in [2.75, 3.05) is 0 Å². The second-order valence-corrected chi connectivity index (χ2v) is 9.24. The highest BCUT2D eigenvalue weighted by Gasteiger charge is 2.26. The molecule has 0 amide bonds. The van der Waals surface area contributed by atoms with Crippen LogP contribution < -0.4 is 11.2 Å². The van der Waals surface area contributed by atoms with Crippen molar-refractivity contribution in [1.82, 2.24) is 18.9 Å². The van der Waals surface area contributed by atoms with Crippen LogP contribution in [0.3, 0.4) is 0 Å². The minimum atomic E-state index is -0.915. The zero-order valence-corrected chi connectivity index (χ0v) is 21.7. The number of nitro groups is 1. The van der Waals surface area contributed by atoms with E-state index in [9.17, 15) is 19.7 Å². The topological polar surface area (TPSA) is 105 Å². The van der Waals surface area contributed by atoms with Crippen LogP contribution in [0, 0.1) is 10.1 Å². The van der Waals surface area contributed by atoms with Gasteiger partial charge in [-0.05, 0) is 48.3 Å².